The lowest BCUT2D eigenvalue weighted by molar-refractivity contribution is 0.0378. The van der Waals surface area contributed by atoms with Crippen LogP contribution in [-0.4, -0.2) is 24.2 Å². The largest absolute Gasteiger partial charge is 0.463 e. The Labute approximate surface area is 147 Å². The number of hydrogen-bond acceptors (Lipinski definition) is 4. The normalized spacial score (nSPS) is 14.5. The highest BCUT2D eigenvalue weighted by atomic mass is 32.1. The fourth-order valence-corrected chi connectivity index (χ4v) is 3.15. The van der Waals surface area contributed by atoms with E-state index in [1.54, 1.807) is 24.3 Å². The molecule has 132 valence electrons. The minimum Gasteiger partial charge on any atom is -0.463 e. The van der Waals surface area contributed by atoms with E-state index >= 15 is 0 Å². The average Bonchev–Trinajstić information content (AvgIpc) is 3.19. The van der Waals surface area contributed by atoms with Crippen molar-refractivity contribution in [2.45, 2.75) is 46.3 Å². The van der Waals surface area contributed by atoms with E-state index < -0.39 is 5.60 Å². The molecule has 0 spiro atoms. The fraction of sp³-hybridized carbons (Fsp3) is 0.500. The van der Waals surface area contributed by atoms with Crippen LogP contribution in [0.2, 0.25) is 0 Å². The maximum Gasteiger partial charge on any atom is 0.191 e. The highest BCUT2D eigenvalue weighted by Gasteiger charge is 2.27. The zero-order chi connectivity index (χ0) is 17.6. The minimum atomic E-state index is -1.09. The molecule has 2 aromatic rings. The molecule has 1 unspecified atom stereocenters. The molecule has 24 heavy (non-hydrogen) atoms. The zero-order valence-electron chi connectivity index (χ0n) is 14.8. The van der Waals surface area contributed by atoms with Crippen LogP contribution in [0.1, 0.15) is 42.0 Å². The maximum atomic E-state index is 10.6. The van der Waals surface area contributed by atoms with Gasteiger partial charge in [0.15, 0.2) is 5.96 Å². The molecule has 0 saturated carbocycles. The van der Waals surface area contributed by atoms with Crippen molar-refractivity contribution < 1.29 is 9.52 Å². The van der Waals surface area contributed by atoms with Gasteiger partial charge in [-0.25, -0.2) is 4.99 Å². The van der Waals surface area contributed by atoms with Crippen molar-refractivity contribution in [3.63, 3.8) is 0 Å². The lowest BCUT2D eigenvalue weighted by Gasteiger charge is -2.22. The second kappa shape index (κ2) is 8.35. The van der Waals surface area contributed by atoms with E-state index in [4.69, 9.17) is 4.42 Å². The summed E-state index contributed by atoms with van der Waals surface area (Å²) in [7, 11) is 0. The zero-order valence-corrected chi connectivity index (χ0v) is 15.7. The molecule has 0 saturated heterocycles. The Morgan fingerprint density at radius 2 is 1.96 bits per heavy atom. The van der Waals surface area contributed by atoms with Crippen molar-refractivity contribution in [2.24, 2.45) is 4.99 Å². The number of nitrogens with one attached hydrogen (secondary N) is 2. The first-order valence-corrected chi connectivity index (χ1v) is 9.15. The molecule has 5 nitrogen and oxygen atoms in total. The van der Waals surface area contributed by atoms with Crippen LogP contribution in [-0.2, 0) is 18.6 Å². The molecule has 3 N–H and O–H groups in total. The Hall–Kier alpha value is -1.79. The first-order chi connectivity index (χ1) is 11.4. The monoisotopic (exact) mass is 349 g/mol. The van der Waals surface area contributed by atoms with Crippen LogP contribution in [0.4, 0.5) is 0 Å². The first kappa shape index (κ1) is 18.5. The van der Waals surface area contributed by atoms with Crippen LogP contribution in [0.25, 0.3) is 0 Å². The molecule has 2 aromatic heterocycles. The SMILES string of the molecule is CCNC(=NCc1ccc(CC)s1)NCC(C)(O)c1ccc(C)o1. The van der Waals surface area contributed by atoms with Gasteiger partial charge < -0.3 is 20.2 Å². The molecule has 0 radical (unpaired) electrons. The van der Waals surface area contributed by atoms with Gasteiger partial charge >= 0.3 is 0 Å². The van der Waals surface area contributed by atoms with Gasteiger partial charge in [-0.2, -0.15) is 0 Å². The molecule has 1 atom stereocenters. The molecule has 0 fully saturated rings. The summed E-state index contributed by atoms with van der Waals surface area (Å²) in [6.07, 6.45) is 1.05. The summed E-state index contributed by atoms with van der Waals surface area (Å²) >= 11 is 1.79. The summed E-state index contributed by atoms with van der Waals surface area (Å²) in [4.78, 5) is 7.20. The highest BCUT2D eigenvalue weighted by Crippen LogP contribution is 2.22. The van der Waals surface area contributed by atoms with Crippen molar-refractivity contribution >= 4 is 17.3 Å². The second-order valence-corrected chi connectivity index (χ2v) is 7.21. The molecular formula is C18H27N3O2S. The number of furan rings is 1. The smallest absolute Gasteiger partial charge is 0.191 e. The Morgan fingerprint density at radius 3 is 2.54 bits per heavy atom. The number of rotatable bonds is 7. The van der Waals surface area contributed by atoms with E-state index in [0.717, 1.165) is 18.7 Å². The number of aliphatic hydroxyl groups is 1. The number of thiophene rings is 1. The van der Waals surface area contributed by atoms with Gasteiger partial charge in [0.2, 0.25) is 0 Å². The third kappa shape index (κ3) is 5.11. The van der Waals surface area contributed by atoms with Crippen LogP contribution < -0.4 is 10.6 Å². The Kier molecular flexibility index (Phi) is 6.45. The number of nitrogens with zero attached hydrogens (tertiary/aromatic N) is 1. The van der Waals surface area contributed by atoms with Crippen molar-refractivity contribution in [3.05, 3.63) is 45.5 Å². The summed E-state index contributed by atoms with van der Waals surface area (Å²) < 4.78 is 5.54. The standard InChI is InChI=1S/C18H27N3O2S/c1-5-14-8-9-15(24-14)11-20-17(19-6-2)21-12-18(4,22)16-10-7-13(3)23-16/h7-10,22H,5-6,11-12H2,1-4H3,(H2,19,20,21). The Bertz CT molecular complexity index is 673. The Morgan fingerprint density at radius 1 is 1.21 bits per heavy atom. The number of hydrogen-bond donors (Lipinski definition) is 3. The fourth-order valence-electron chi connectivity index (χ4n) is 2.26. The molecule has 0 amide bonds. The molecule has 0 aliphatic rings. The van der Waals surface area contributed by atoms with Gasteiger partial charge in [0, 0.05) is 16.3 Å². The third-order valence-corrected chi connectivity index (χ3v) is 4.89. The van der Waals surface area contributed by atoms with Gasteiger partial charge in [-0.05, 0) is 51.5 Å². The number of aliphatic imine (C=N–C) groups is 1. The lowest BCUT2D eigenvalue weighted by Crippen LogP contribution is -2.44. The number of aryl methyl sites for hydroxylation is 2. The summed E-state index contributed by atoms with van der Waals surface area (Å²) in [5.41, 5.74) is -1.09. The van der Waals surface area contributed by atoms with E-state index in [9.17, 15) is 5.11 Å². The van der Waals surface area contributed by atoms with Crippen LogP contribution in [0, 0.1) is 6.92 Å². The van der Waals surface area contributed by atoms with Gasteiger partial charge in [-0.1, -0.05) is 6.92 Å². The van der Waals surface area contributed by atoms with Crippen molar-refractivity contribution in [1.82, 2.24) is 10.6 Å². The van der Waals surface area contributed by atoms with Crippen LogP contribution in [0.5, 0.6) is 0 Å². The quantitative estimate of drug-likeness (QED) is 0.530. The van der Waals surface area contributed by atoms with Gasteiger partial charge in [0.1, 0.15) is 17.1 Å². The summed E-state index contributed by atoms with van der Waals surface area (Å²) in [6, 6.07) is 7.93. The van der Waals surface area contributed by atoms with Crippen LogP contribution in [0.3, 0.4) is 0 Å². The summed E-state index contributed by atoms with van der Waals surface area (Å²) in [5.74, 6) is 2.02. The topological polar surface area (TPSA) is 69.8 Å². The van der Waals surface area contributed by atoms with E-state index in [0.29, 0.717) is 24.8 Å². The first-order valence-electron chi connectivity index (χ1n) is 8.33. The molecule has 0 aliphatic heterocycles. The van der Waals surface area contributed by atoms with Crippen molar-refractivity contribution in [2.75, 3.05) is 13.1 Å². The Balaban J connectivity index is 1.98. The second-order valence-electron chi connectivity index (χ2n) is 5.95. The highest BCUT2D eigenvalue weighted by molar-refractivity contribution is 7.11. The van der Waals surface area contributed by atoms with Crippen molar-refractivity contribution in [1.29, 1.82) is 0 Å². The van der Waals surface area contributed by atoms with E-state index in [1.165, 1.54) is 9.75 Å². The molecule has 0 aliphatic carbocycles. The van der Waals surface area contributed by atoms with E-state index in [-0.39, 0.29) is 0 Å². The molecule has 0 aromatic carbocycles. The van der Waals surface area contributed by atoms with Crippen LogP contribution in [0.15, 0.2) is 33.7 Å². The lowest BCUT2D eigenvalue weighted by atomic mass is 10.0. The van der Waals surface area contributed by atoms with Gasteiger partial charge in [-0.3, -0.25) is 0 Å². The van der Waals surface area contributed by atoms with Gasteiger partial charge in [0.05, 0.1) is 13.1 Å². The van der Waals surface area contributed by atoms with Crippen molar-refractivity contribution in [3.8, 4) is 0 Å². The number of guanidine groups is 1. The summed E-state index contributed by atoms with van der Waals surface area (Å²) in [6.45, 7) is 9.48. The average molecular weight is 350 g/mol. The molecular weight excluding hydrogens is 322 g/mol. The molecule has 2 heterocycles. The van der Waals surface area contributed by atoms with Crippen LogP contribution >= 0.6 is 11.3 Å². The van der Waals surface area contributed by atoms with E-state index in [1.807, 2.05) is 19.9 Å². The van der Waals surface area contributed by atoms with E-state index in [2.05, 4.69) is 34.7 Å². The molecule has 6 heteroatoms. The summed E-state index contributed by atoms with van der Waals surface area (Å²) in [5, 5.41) is 17.0. The third-order valence-electron chi connectivity index (χ3n) is 3.67. The predicted octanol–water partition coefficient (Wildman–Crippen LogP) is 3.17. The van der Waals surface area contributed by atoms with Gasteiger partial charge in [-0.15, -0.1) is 11.3 Å². The molecule has 2 rings (SSSR count). The van der Waals surface area contributed by atoms with Gasteiger partial charge in [0.25, 0.3) is 0 Å². The predicted molar refractivity (Wildman–Crippen MR) is 99.5 cm³/mol. The minimum absolute atomic E-state index is 0.316. The molecule has 0 bridgehead atoms. The maximum absolute atomic E-state index is 10.6.